The lowest BCUT2D eigenvalue weighted by Gasteiger charge is -2.35. The van der Waals surface area contributed by atoms with E-state index in [0.717, 1.165) is 11.1 Å². The molecular formula is C21H22O5. The van der Waals surface area contributed by atoms with E-state index in [1.54, 1.807) is 6.92 Å². The predicted molar refractivity (Wildman–Crippen MR) is 94.0 cm³/mol. The Labute approximate surface area is 152 Å². The number of rotatable bonds is 3. The Bertz CT molecular complexity index is 802. The summed E-state index contributed by atoms with van der Waals surface area (Å²) in [5, 5.41) is 0. The van der Waals surface area contributed by atoms with Gasteiger partial charge in [-0.2, -0.15) is 4.89 Å². The van der Waals surface area contributed by atoms with Crippen LogP contribution < -0.4 is 0 Å². The van der Waals surface area contributed by atoms with Gasteiger partial charge in [-0.3, -0.25) is 4.79 Å². The number of hydrogen-bond acceptors (Lipinski definition) is 5. The molecule has 1 spiro atoms. The molecule has 5 nitrogen and oxygen atoms in total. The summed E-state index contributed by atoms with van der Waals surface area (Å²) in [5.41, 5.74) is 4.38. The first-order valence-electron chi connectivity index (χ1n) is 8.98. The Morgan fingerprint density at radius 1 is 1.08 bits per heavy atom. The van der Waals surface area contributed by atoms with Crippen molar-refractivity contribution < 1.29 is 24.0 Å². The van der Waals surface area contributed by atoms with Crippen molar-refractivity contribution in [1.82, 2.24) is 0 Å². The topological polar surface area (TPSA) is 54.0 Å². The van der Waals surface area contributed by atoms with Gasteiger partial charge in [0.25, 0.3) is 0 Å². The van der Waals surface area contributed by atoms with Crippen molar-refractivity contribution in [3.05, 3.63) is 70.8 Å². The molecule has 0 fully saturated rings. The smallest absolute Gasteiger partial charge is 0.308 e. The monoisotopic (exact) mass is 354 g/mol. The Hall–Kier alpha value is -2.21. The molecular weight excluding hydrogens is 332 g/mol. The number of fused-ring (bicyclic) bond motifs is 2. The van der Waals surface area contributed by atoms with Crippen molar-refractivity contribution in [2.75, 3.05) is 6.61 Å². The molecule has 2 aliphatic heterocycles. The maximum atomic E-state index is 12.0. The minimum atomic E-state index is -0.881. The van der Waals surface area contributed by atoms with Crippen molar-refractivity contribution >= 4 is 5.97 Å². The van der Waals surface area contributed by atoms with E-state index in [2.05, 4.69) is 12.1 Å². The first-order valence-corrected chi connectivity index (χ1v) is 8.98. The number of carbonyl (C=O) groups excluding carboxylic acids is 1. The summed E-state index contributed by atoms with van der Waals surface area (Å²) < 4.78 is 11.2. The maximum absolute atomic E-state index is 12.0. The summed E-state index contributed by atoms with van der Waals surface area (Å²) in [6.07, 6.45) is 0.767. The van der Waals surface area contributed by atoms with Crippen LogP contribution >= 0.6 is 0 Å². The third kappa shape index (κ3) is 3.38. The Morgan fingerprint density at radius 3 is 2.58 bits per heavy atom. The fraction of sp³-hybridized carbons (Fsp3) is 0.381. The van der Waals surface area contributed by atoms with E-state index in [1.807, 2.05) is 36.4 Å². The van der Waals surface area contributed by atoms with E-state index in [9.17, 15) is 4.79 Å². The van der Waals surface area contributed by atoms with E-state index < -0.39 is 11.9 Å². The second kappa shape index (κ2) is 7.19. The first kappa shape index (κ1) is 17.2. The van der Waals surface area contributed by atoms with Gasteiger partial charge in [0.2, 0.25) is 5.79 Å². The average Bonchev–Trinajstić information content (AvgIpc) is 2.79. The normalized spacial score (nSPS) is 24.4. The van der Waals surface area contributed by atoms with Gasteiger partial charge in [-0.1, -0.05) is 48.5 Å². The average molecular weight is 354 g/mol. The molecule has 0 saturated heterocycles. The van der Waals surface area contributed by atoms with Gasteiger partial charge in [-0.15, -0.1) is 0 Å². The maximum Gasteiger partial charge on any atom is 0.308 e. The Morgan fingerprint density at radius 2 is 1.77 bits per heavy atom. The molecule has 0 N–H and O–H groups in total. The molecule has 2 unspecified atom stereocenters. The zero-order chi connectivity index (χ0) is 18.0. The largest absolute Gasteiger partial charge is 0.466 e. The van der Waals surface area contributed by atoms with Crippen LogP contribution in [-0.2, 0) is 43.5 Å². The van der Waals surface area contributed by atoms with Gasteiger partial charge in [0, 0.05) is 12.8 Å². The molecule has 0 aliphatic carbocycles. The van der Waals surface area contributed by atoms with Gasteiger partial charge >= 0.3 is 5.97 Å². The number of esters is 1. The molecule has 4 rings (SSSR count). The van der Waals surface area contributed by atoms with Crippen LogP contribution in [0.5, 0.6) is 0 Å². The highest BCUT2D eigenvalue weighted by Crippen LogP contribution is 2.39. The molecule has 0 radical (unpaired) electrons. The van der Waals surface area contributed by atoms with Crippen LogP contribution in [0.25, 0.3) is 0 Å². The fourth-order valence-electron chi connectivity index (χ4n) is 3.63. The van der Waals surface area contributed by atoms with E-state index >= 15 is 0 Å². The number of hydrogen-bond donors (Lipinski definition) is 0. The molecule has 0 bridgehead atoms. The van der Waals surface area contributed by atoms with Crippen LogP contribution in [0.2, 0.25) is 0 Å². The first-order chi connectivity index (χ1) is 12.7. The van der Waals surface area contributed by atoms with Crippen molar-refractivity contribution in [3.8, 4) is 0 Å². The van der Waals surface area contributed by atoms with Crippen LogP contribution in [0, 0.1) is 0 Å². The van der Waals surface area contributed by atoms with E-state index in [1.165, 1.54) is 11.1 Å². The summed E-state index contributed by atoms with van der Waals surface area (Å²) in [7, 11) is 0. The highest BCUT2D eigenvalue weighted by atomic mass is 17.2. The van der Waals surface area contributed by atoms with Crippen LogP contribution in [-0.4, -0.2) is 18.4 Å². The molecule has 2 atom stereocenters. The molecule has 2 aliphatic rings. The minimum Gasteiger partial charge on any atom is -0.466 e. The number of benzene rings is 2. The molecule has 26 heavy (non-hydrogen) atoms. The van der Waals surface area contributed by atoms with Gasteiger partial charge < -0.3 is 9.47 Å². The lowest BCUT2D eigenvalue weighted by Crippen LogP contribution is -2.42. The van der Waals surface area contributed by atoms with Crippen molar-refractivity contribution in [3.63, 3.8) is 0 Å². The third-order valence-electron chi connectivity index (χ3n) is 4.90. The number of ether oxygens (including phenoxy) is 2. The second-order valence-corrected chi connectivity index (χ2v) is 6.70. The molecule has 5 heteroatoms. The molecule has 2 aromatic rings. The van der Waals surface area contributed by atoms with Gasteiger partial charge in [-0.05, 0) is 29.2 Å². The van der Waals surface area contributed by atoms with Crippen LogP contribution in [0.15, 0.2) is 48.5 Å². The van der Waals surface area contributed by atoms with Crippen LogP contribution in [0.4, 0.5) is 0 Å². The minimum absolute atomic E-state index is 0.109. The van der Waals surface area contributed by atoms with Crippen molar-refractivity contribution in [1.29, 1.82) is 0 Å². The number of carbonyl (C=O) groups is 1. The van der Waals surface area contributed by atoms with E-state index in [0.29, 0.717) is 26.1 Å². The molecule has 0 amide bonds. The molecule has 136 valence electrons. The standard InChI is InChI=1S/C21H22O5/c1-2-23-20(22)11-19-18-10-6-5-8-16(18)13-21(26-25-19)12-15-7-3-4-9-17(15)14-24-21/h3-10,19H,2,11-14H2,1H3. The van der Waals surface area contributed by atoms with Gasteiger partial charge in [0.1, 0.15) is 6.10 Å². The Kier molecular flexibility index (Phi) is 4.76. The van der Waals surface area contributed by atoms with Gasteiger partial charge in [-0.25, -0.2) is 4.89 Å². The van der Waals surface area contributed by atoms with Crippen molar-refractivity contribution in [2.24, 2.45) is 0 Å². The SMILES string of the molecule is CCOC(=O)CC1OOC2(Cc3ccccc3CO2)Cc2ccccc21. The quantitative estimate of drug-likeness (QED) is 0.622. The summed E-state index contributed by atoms with van der Waals surface area (Å²) >= 11 is 0. The third-order valence-corrected chi connectivity index (χ3v) is 4.90. The van der Waals surface area contributed by atoms with Crippen LogP contribution in [0.1, 0.15) is 41.7 Å². The summed E-state index contributed by atoms with van der Waals surface area (Å²) in [4.78, 5) is 23.5. The zero-order valence-corrected chi connectivity index (χ0v) is 14.8. The predicted octanol–water partition coefficient (Wildman–Crippen LogP) is 3.65. The van der Waals surface area contributed by atoms with Crippen LogP contribution in [0.3, 0.4) is 0 Å². The Balaban J connectivity index is 1.62. The molecule has 2 aromatic carbocycles. The van der Waals surface area contributed by atoms with E-state index in [4.69, 9.17) is 19.2 Å². The lowest BCUT2D eigenvalue weighted by molar-refractivity contribution is -0.448. The molecule has 0 saturated carbocycles. The van der Waals surface area contributed by atoms with Crippen molar-refractivity contribution in [2.45, 2.75) is 44.7 Å². The lowest BCUT2D eigenvalue weighted by atomic mass is 9.90. The van der Waals surface area contributed by atoms with E-state index in [-0.39, 0.29) is 12.4 Å². The second-order valence-electron chi connectivity index (χ2n) is 6.70. The zero-order valence-electron chi connectivity index (χ0n) is 14.8. The van der Waals surface area contributed by atoms with Gasteiger partial charge in [0.05, 0.1) is 19.6 Å². The summed E-state index contributed by atoms with van der Waals surface area (Å²) in [5.74, 6) is -1.19. The highest BCUT2D eigenvalue weighted by molar-refractivity contribution is 5.70. The fourth-order valence-corrected chi connectivity index (χ4v) is 3.63. The van der Waals surface area contributed by atoms with Gasteiger partial charge in [0.15, 0.2) is 0 Å². The highest BCUT2D eigenvalue weighted by Gasteiger charge is 2.42. The molecule has 2 heterocycles. The summed E-state index contributed by atoms with van der Waals surface area (Å²) in [6.45, 7) is 2.61. The summed E-state index contributed by atoms with van der Waals surface area (Å²) in [6, 6.07) is 16.1. The molecule has 0 aromatic heterocycles.